The van der Waals surface area contributed by atoms with E-state index in [0.717, 1.165) is 18.4 Å². The predicted molar refractivity (Wildman–Crippen MR) is 86.1 cm³/mol. The average molecular weight is 332 g/mol. The molecule has 1 unspecified atom stereocenters. The molecule has 0 aliphatic heterocycles. The van der Waals surface area contributed by atoms with Crippen LogP contribution in [0.4, 0.5) is 4.39 Å². The zero-order valence-electron chi connectivity index (χ0n) is 13.6. The van der Waals surface area contributed by atoms with Gasteiger partial charge >= 0.3 is 5.97 Å². The Bertz CT molecular complexity index is 709. The molecule has 1 aliphatic carbocycles. The molecule has 1 aromatic heterocycles. The summed E-state index contributed by atoms with van der Waals surface area (Å²) >= 11 is 0. The zero-order chi connectivity index (χ0) is 17.2. The molecule has 0 spiro atoms. The molecule has 1 saturated carbocycles. The molecule has 1 heterocycles. The SMILES string of the molecule is CCOC(=O)c1cnn(C(CO)(CC2CC2)c2ccc(F)cc2)c1. The van der Waals surface area contributed by atoms with Gasteiger partial charge in [-0.25, -0.2) is 9.18 Å². The number of benzene rings is 1. The van der Waals surface area contributed by atoms with Gasteiger partial charge in [0.15, 0.2) is 0 Å². The maximum atomic E-state index is 13.3. The second kappa shape index (κ2) is 6.73. The Kier molecular flexibility index (Phi) is 4.66. The van der Waals surface area contributed by atoms with Crippen molar-refractivity contribution in [2.45, 2.75) is 31.7 Å². The zero-order valence-corrected chi connectivity index (χ0v) is 13.6. The van der Waals surface area contributed by atoms with E-state index in [9.17, 15) is 14.3 Å². The van der Waals surface area contributed by atoms with Crippen LogP contribution in [-0.4, -0.2) is 34.1 Å². The predicted octanol–water partition coefficient (Wildman–Crippen LogP) is 2.73. The molecule has 1 N–H and O–H groups in total. The van der Waals surface area contributed by atoms with Crippen LogP contribution in [0.5, 0.6) is 0 Å². The first-order valence-electron chi connectivity index (χ1n) is 8.18. The number of nitrogens with zero attached hydrogens (tertiary/aromatic N) is 2. The molecule has 6 heteroatoms. The van der Waals surface area contributed by atoms with Crippen LogP contribution in [0.1, 0.15) is 42.1 Å². The van der Waals surface area contributed by atoms with Crippen molar-refractivity contribution in [3.05, 3.63) is 53.6 Å². The molecule has 1 atom stereocenters. The van der Waals surface area contributed by atoms with Gasteiger partial charge in [0.25, 0.3) is 0 Å². The molecule has 0 amide bonds. The maximum Gasteiger partial charge on any atom is 0.341 e. The summed E-state index contributed by atoms with van der Waals surface area (Å²) < 4.78 is 19.9. The van der Waals surface area contributed by atoms with Crippen molar-refractivity contribution in [3.63, 3.8) is 0 Å². The summed E-state index contributed by atoms with van der Waals surface area (Å²) in [6, 6.07) is 6.09. The van der Waals surface area contributed by atoms with E-state index in [1.165, 1.54) is 18.3 Å². The number of hydrogen-bond acceptors (Lipinski definition) is 4. The van der Waals surface area contributed by atoms with Gasteiger partial charge in [0.2, 0.25) is 0 Å². The fourth-order valence-corrected chi connectivity index (χ4v) is 3.01. The van der Waals surface area contributed by atoms with Gasteiger partial charge in [0, 0.05) is 6.20 Å². The van der Waals surface area contributed by atoms with Crippen LogP contribution in [0, 0.1) is 11.7 Å². The lowest BCUT2D eigenvalue weighted by molar-refractivity contribution is 0.0525. The van der Waals surface area contributed by atoms with Gasteiger partial charge in [0.05, 0.1) is 25.0 Å². The average Bonchev–Trinajstić information content (AvgIpc) is 3.25. The molecule has 3 rings (SSSR count). The number of hydrogen-bond donors (Lipinski definition) is 1. The molecule has 0 radical (unpaired) electrons. The number of aliphatic hydroxyl groups is 1. The van der Waals surface area contributed by atoms with Gasteiger partial charge in [0.1, 0.15) is 11.4 Å². The highest BCUT2D eigenvalue weighted by Crippen LogP contribution is 2.42. The van der Waals surface area contributed by atoms with Crippen molar-refractivity contribution in [2.75, 3.05) is 13.2 Å². The third kappa shape index (κ3) is 3.19. The molecule has 128 valence electrons. The first-order valence-corrected chi connectivity index (χ1v) is 8.18. The third-order valence-electron chi connectivity index (χ3n) is 4.50. The number of rotatable bonds is 7. The minimum absolute atomic E-state index is 0.181. The maximum absolute atomic E-state index is 13.3. The minimum atomic E-state index is -0.806. The Balaban J connectivity index is 2.00. The first kappa shape index (κ1) is 16.6. The van der Waals surface area contributed by atoms with E-state index in [0.29, 0.717) is 17.9 Å². The Morgan fingerprint density at radius 2 is 2.12 bits per heavy atom. The van der Waals surface area contributed by atoms with E-state index in [1.54, 1.807) is 29.9 Å². The highest BCUT2D eigenvalue weighted by Gasteiger charge is 2.40. The van der Waals surface area contributed by atoms with Crippen LogP contribution in [0.25, 0.3) is 0 Å². The fraction of sp³-hybridized carbons (Fsp3) is 0.444. The summed E-state index contributed by atoms with van der Waals surface area (Å²) in [4.78, 5) is 11.9. The van der Waals surface area contributed by atoms with Gasteiger partial charge in [-0.2, -0.15) is 5.10 Å². The van der Waals surface area contributed by atoms with Gasteiger partial charge in [-0.05, 0) is 37.0 Å². The number of halogens is 1. The number of aromatic nitrogens is 2. The number of carbonyl (C=O) groups is 1. The highest BCUT2D eigenvalue weighted by molar-refractivity contribution is 5.88. The molecule has 2 aromatic rings. The summed E-state index contributed by atoms with van der Waals surface area (Å²) in [7, 11) is 0. The molecule has 24 heavy (non-hydrogen) atoms. The van der Waals surface area contributed by atoms with Crippen LogP contribution in [-0.2, 0) is 10.3 Å². The largest absolute Gasteiger partial charge is 0.462 e. The minimum Gasteiger partial charge on any atom is -0.462 e. The smallest absolute Gasteiger partial charge is 0.341 e. The van der Waals surface area contributed by atoms with Crippen LogP contribution in [0.2, 0.25) is 0 Å². The summed E-state index contributed by atoms with van der Waals surface area (Å²) in [5, 5.41) is 14.5. The van der Waals surface area contributed by atoms with E-state index in [4.69, 9.17) is 4.74 Å². The Labute approximate surface area is 140 Å². The highest BCUT2D eigenvalue weighted by atomic mass is 19.1. The van der Waals surface area contributed by atoms with Crippen LogP contribution < -0.4 is 0 Å². The van der Waals surface area contributed by atoms with Gasteiger partial charge in [-0.15, -0.1) is 0 Å². The normalized spacial score (nSPS) is 16.6. The molecular formula is C18H21FN2O3. The van der Waals surface area contributed by atoms with Crippen LogP contribution in [0.15, 0.2) is 36.7 Å². The van der Waals surface area contributed by atoms with E-state index in [-0.39, 0.29) is 19.0 Å². The molecule has 0 bridgehead atoms. The summed E-state index contributed by atoms with van der Waals surface area (Å²) in [6.45, 7) is 1.85. The van der Waals surface area contributed by atoms with Crippen molar-refractivity contribution in [3.8, 4) is 0 Å². The number of carbonyl (C=O) groups excluding carboxylic acids is 1. The van der Waals surface area contributed by atoms with Crippen molar-refractivity contribution in [2.24, 2.45) is 5.92 Å². The van der Waals surface area contributed by atoms with Crippen molar-refractivity contribution >= 4 is 5.97 Å². The number of aliphatic hydroxyl groups excluding tert-OH is 1. The molecular weight excluding hydrogens is 311 g/mol. The second-order valence-corrected chi connectivity index (χ2v) is 6.24. The standard InChI is InChI=1S/C18H21FN2O3/c1-2-24-17(23)14-10-20-21(11-14)18(12-22,9-13-3-4-13)15-5-7-16(19)8-6-15/h5-8,10-11,13,22H,2-4,9,12H2,1H3. The van der Waals surface area contributed by atoms with Crippen molar-refractivity contribution in [1.82, 2.24) is 9.78 Å². The lowest BCUT2D eigenvalue weighted by atomic mass is 9.85. The quantitative estimate of drug-likeness (QED) is 0.792. The monoisotopic (exact) mass is 332 g/mol. The second-order valence-electron chi connectivity index (χ2n) is 6.24. The lowest BCUT2D eigenvalue weighted by Crippen LogP contribution is -2.40. The van der Waals surface area contributed by atoms with Gasteiger partial charge in [-0.3, -0.25) is 4.68 Å². The first-order chi connectivity index (χ1) is 11.6. The van der Waals surface area contributed by atoms with E-state index in [1.807, 2.05) is 0 Å². The van der Waals surface area contributed by atoms with E-state index >= 15 is 0 Å². The molecule has 0 saturated heterocycles. The van der Waals surface area contributed by atoms with E-state index in [2.05, 4.69) is 5.10 Å². The Hall–Kier alpha value is -2.21. The molecule has 1 fully saturated rings. The van der Waals surface area contributed by atoms with E-state index < -0.39 is 11.5 Å². The molecule has 1 aromatic carbocycles. The summed E-state index contributed by atoms with van der Waals surface area (Å²) in [5.74, 6) is -0.275. The number of ether oxygens (including phenoxy) is 1. The van der Waals surface area contributed by atoms with Crippen molar-refractivity contribution in [1.29, 1.82) is 0 Å². The van der Waals surface area contributed by atoms with Crippen molar-refractivity contribution < 1.29 is 19.0 Å². The van der Waals surface area contributed by atoms with Gasteiger partial charge < -0.3 is 9.84 Å². The summed E-state index contributed by atoms with van der Waals surface area (Å²) in [6.07, 6.45) is 5.95. The summed E-state index contributed by atoms with van der Waals surface area (Å²) in [5.41, 5.74) is 0.309. The topological polar surface area (TPSA) is 64.3 Å². The number of esters is 1. The third-order valence-corrected chi connectivity index (χ3v) is 4.50. The van der Waals surface area contributed by atoms with Gasteiger partial charge in [-0.1, -0.05) is 25.0 Å². The molecule has 5 nitrogen and oxygen atoms in total. The fourth-order valence-electron chi connectivity index (χ4n) is 3.01. The van der Waals surface area contributed by atoms with Crippen LogP contribution in [0.3, 0.4) is 0 Å². The molecule has 1 aliphatic rings. The lowest BCUT2D eigenvalue weighted by Gasteiger charge is -2.33. The Morgan fingerprint density at radius 3 is 2.71 bits per heavy atom. The Morgan fingerprint density at radius 1 is 1.42 bits per heavy atom. The van der Waals surface area contributed by atoms with Crippen LogP contribution >= 0.6 is 0 Å².